The van der Waals surface area contributed by atoms with E-state index in [4.69, 9.17) is 11.6 Å². The Balaban J connectivity index is 2.12. The van der Waals surface area contributed by atoms with Crippen LogP contribution in [0.2, 0.25) is 5.02 Å². The molecule has 1 aliphatic rings. The van der Waals surface area contributed by atoms with Crippen LogP contribution in [0, 0.1) is 23.7 Å². The molecule has 0 aromatic carbocycles. The van der Waals surface area contributed by atoms with Gasteiger partial charge in [-0.25, -0.2) is 4.68 Å². The van der Waals surface area contributed by atoms with Gasteiger partial charge in [0.2, 0.25) is 0 Å². The van der Waals surface area contributed by atoms with Gasteiger partial charge in [0.1, 0.15) is 5.69 Å². The number of nitrogens with one attached hydrogen (secondary N) is 1. The third kappa shape index (κ3) is 4.22. The van der Waals surface area contributed by atoms with Crippen molar-refractivity contribution in [2.45, 2.75) is 47.1 Å². The Bertz CT molecular complexity index is 527. The van der Waals surface area contributed by atoms with Gasteiger partial charge in [-0.2, -0.15) is 5.10 Å². The summed E-state index contributed by atoms with van der Waals surface area (Å²) in [7, 11) is 0. The number of nitrogens with zero attached hydrogens (tertiary/aromatic N) is 2. The fourth-order valence-electron chi connectivity index (χ4n) is 2.76. The first kappa shape index (κ1) is 16.3. The van der Waals surface area contributed by atoms with Crippen molar-refractivity contribution in [3.63, 3.8) is 0 Å². The van der Waals surface area contributed by atoms with Crippen LogP contribution < -0.4 is 10.9 Å². The van der Waals surface area contributed by atoms with Crippen LogP contribution >= 0.6 is 11.6 Å². The van der Waals surface area contributed by atoms with E-state index in [1.807, 2.05) is 0 Å². The molecule has 0 spiro atoms. The standard InChI is InChI=1S/C16H26ClN3O/c1-10(2)13(11(3)4)7-18-15-14(17)8-19-20(16(15)21)9-12-5-6-12/h8,10-13,18H,5-7,9H2,1-4H3. The molecule has 21 heavy (non-hydrogen) atoms. The molecule has 1 saturated carbocycles. The van der Waals surface area contributed by atoms with Crippen molar-refractivity contribution in [3.05, 3.63) is 21.6 Å². The summed E-state index contributed by atoms with van der Waals surface area (Å²) in [5, 5.41) is 7.84. The van der Waals surface area contributed by atoms with Gasteiger partial charge >= 0.3 is 0 Å². The Hall–Kier alpha value is -1.03. The van der Waals surface area contributed by atoms with E-state index < -0.39 is 0 Å². The summed E-state index contributed by atoms with van der Waals surface area (Å²) < 4.78 is 1.55. The molecule has 0 radical (unpaired) electrons. The minimum atomic E-state index is -0.0966. The minimum Gasteiger partial charge on any atom is -0.379 e. The molecule has 2 rings (SSSR count). The van der Waals surface area contributed by atoms with Gasteiger partial charge in [-0.15, -0.1) is 0 Å². The average molecular weight is 312 g/mol. The van der Waals surface area contributed by atoms with Crippen LogP contribution in [0.3, 0.4) is 0 Å². The van der Waals surface area contributed by atoms with Crippen molar-refractivity contribution < 1.29 is 0 Å². The molecule has 1 fully saturated rings. The number of rotatable bonds is 7. The quantitative estimate of drug-likeness (QED) is 0.836. The predicted molar refractivity (Wildman–Crippen MR) is 87.9 cm³/mol. The Morgan fingerprint density at radius 3 is 2.48 bits per heavy atom. The Morgan fingerprint density at radius 2 is 1.95 bits per heavy atom. The third-order valence-corrected chi connectivity index (χ3v) is 4.64. The number of anilines is 1. The molecule has 0 unspecified atom stereocenters. The van der Waals surface area contributed by atoms with Crippen LogP contribution in [0.1, 0.15) is 40.5 Å². The van der Waals surface area contributed by atoms with E-state index in [-0.39, 0.29) is 5.56 Å². The van der Waals surface area contributed by atoms with E-state index in [1.54, 1.807) is 10.9 Å². The van der Waals surface area contributed by atoms with E-state index >= 15 is 0 Å². The van der Waals surface area contributed by atoms with E-state index in [2.05, 4.69) is 38.1 Å². The van der Waals surface area contributed by atoms with Gasteiger partial charge in [-0.05, 0) is 36.5 Å². The van der Waals surface area contributed by atoms with Crippen LogP contribution in [0.5, 0.6) is 0 Å². The van der Waals surface area contributed by atoms with E-state index in [0.717, 1.165) is 6.54 Å². The molecule has 5 heteroatoms. The zero-order chi connectivity index (χ0) is 15.6. The summed E-state index contributed by atoms with van der Waals surface area (Å²) in [6.07, 6.45) is 3.97. The first-order chi connectivity index (χ1) is 9.90. The zero-order valence-electron chi connectivity index (χ0n) is 13.4. The Kier molecular flexibility index (Phi) is 5.31. The molecule has 0 bridgehead atoms. The van der Waals surface area contributed by atoms with Crippen molar-refractivity contribution in [1.82, 2.24) is 9.78 Å². The fraction of sp³-hybridized carbons (Fsp3) is 0.750. The van der Waals surface area contributed by atoms with Gasteiger partial charge in [0.05, 0.1) is 11.2 Å². The van der Waals surface area contributed by atoms with Crippen molar-refractivity contribution in [1.29, 1.82) is 0 Å². The maximum Gasteiger partial charge on any atom is 0.291 e. The third-order valence-electron chi connectivity index (χ3n) is 4.35. The summed E-state index contributed by atoms with van der Waals surface area (Å²) in [6.45, 7) is 10.3. The maximum atomic E-state index is 12.5. The molecule has 4 nitrogen and oxygen atoms in total. The highest BCUT2D eigenvalue weighted by Gasteiger charge is 2.24. The highest BCUT2D eigenvalue weighted by molar-refractivity contribution is 6.32. The molecule has 0 saturated heterocycles. The Labute approximate surface area is 131 Å². The van der Waals surface area contributed by atoms with Crippen molar-refractivity contribution in [3.8, 4) is 0 Å². The van der Waals surface area contributed by atoms with Crippen LogP contribution in [0.15, 0.2) is 11.0 Å². The summed E-state index contributed by atoms with van der Waals surface area (Å²) in [4.78, 5) is 12.5. The minimum absolute atomic E-state index is 0.0966. The monoisotopic (exact) mass is 311 g/mol. The fourth-order valence-corrected chi connectivity index (χ4v) is 2.96. The normalized spacial score (nSPS) is 15.2. The lowest BCUT2D eigenvalue weighted by molar-refractivity contribution is 0.304. The van der Waals surface area contributed by atoms with Gasteiger partial charge in [0, 0.05) is 13.1 Å². The number of aromatic nitrogens is 2. The lowest BCUT2D eigenvalue weighted by Gasteiger charge is -2.25. The molecule has 0 aliphatic heterocycles. The average Bonchev–Trinajstić information content (AvgIpc) is 3.20. The second-order valence-electron chi connectivity index (χ2n) is 6.83. The molecular formula is C16H26ClN3O. The van der Waals surface area contributed by atoms with Crippen LogP contribution in [0.4, 0.5) is 5.69 Å². The van der Waals surface area contributed by atoms with Gasteiger partial charge in [-0.1, -0.05) is 39.3 Å². The molecule has 0 atom stereocenters. The molecule has 1 heterocycles. The van der Waals surface area contributed by atoms with Crippen LogP contribution in [-0.2, 0) is 6.54 Å². The second kappa shape index (κ2) is 6.82. The smallest absolute Gasteiger partial charge is 0.291 e. The van der Waals surface area contributed by atoms with Gasteiger partial charge in [-0.3, -0.25) is 4.79 Å². The SMILES string of the molecule is CC(C)C(CNc1c(Cl)cnn(CC2CC2)c1=O)C(C)C. The van der Waals surface area contributed by atoms with Crippen molar-refractivity contribution >= 4 is 17.3 Å². The van der Waals surface area contributed by atoms with E-state index in [9.17, 15) is 4.79 Å². The molecular weight excluding hydrogens is 286 g/mol. The molecule has 1 N–H and O–H groups in total. The maximum absolute atomic E-state index is 12.5. The molecule has 0 amide bonds. The zero-order valence-corrected chi connectivity index (χ0v) is 14.2. The van der Waals surface area contributed by atoms with Gasteiger partial charge in [0.25, 0.3) is 5.56 Å². The van der Waals surface area contributed by atoms with E-state index in [1.165, 1.54) is 12.8 Å². The number of hydrogen-bond acceptors (Lipinski definition) is 3. The lowest BCUT2D eigenvalue weighted by Crippen LogP contribution is -2.30. The summed E-state index contributed by atoms with van der Waals surface area (Å²) in [5.41, 5.74) is 0.402. The summed E-state index contributed by atoms with van der Waals surface area (Å²) >= 11 is 6.16. The first-order valence-electron chi connectivity index (χ1n) is 7.89. The summed E-state index contributed by atoms with van der Waals surface area (Å²) in [6, 6.07) is 0. The second-order valence-corrected chi connectivity index (χ2v) is 7.24. The molecule has 1 aliphatic carbocycles. The van der Waals surface area contributed by atoms with Crippen molar-refractivity contribution in [2.24, 2.45) is 23.7 Å². The van der Waals surface area contributed by atoms with Crippen LogP contribution in [-0.4, -0.2) is 16.3 Å². The highest BCUT2D eigenvalue weighted by atomic mass is 35.5. The van der Waals surface area contributed by atoms with Crippen molar-refractivity contribution in [2.75, 3.05) is 11.9 Å². The van der Waals surface area contributed by atoms with Gasteiger partial charge in [0.15, 0.2) is 0 Å². The Morgan fingerprint density at radius 1 is 1.33 bits per heavy atom. The number of halogens is 1. The predicted octanol–water partition coefficient (Wildman–Crippen LogP) is 3.65. The molecule has 1 aromatic heterocycles. The van der Waals surface area contributed by atoms with Crippen LogP contribution in [0.25, 0.3) is 0 Å². The van der Waals surface area contributed by atoms with Gasteiger partial charge < -0.3 is 5.32 Å². The lowest BCUT2D eigenvalue weighted by atomic mass is 9.85. The molecule has 1 aromatic rings. The topological polar surface area (TPSA) is 46.9 Å². The first-order valence-corrected chi connectivity index (χ1v) is 8.27. The number of hydrogen-bond donors (Lipinski definition) is 1. The molecule has 118 valence electrons. The highest BCUT2D eigenvalue weighted by Crippen LogP contribution is 2.30. The summed E-state index contributed by atoms with van der Waals surface area (Å²) in [5.74, 6) is 2.24. The van der Waals surface area contributed by atoms with E-state index in [0.29, 0.717) is 40.9 Å². The largest absolute Gasteiger partial charge is 0.379 e.